The summed E-state index contributed by atoms with van der Waals surface area (Å²) in [6.07, 6.45) is 0.118. The van der Waals surface area contributed by atoms with Crippen LogP contribution in [-0.2, 0) is 9.53 Å². The van der Waals surface area contributed by atoms with Crippen molar-refractivity contribution < 1.29 is 19.1 Å². The number of ether oxygens (including phenoxy) is 1. The Hall–Kier alpha value is -2.15. The Morgan fingerprint density at radius 1 is 1.24 bits per heavy atom. The van der Waals surface area contributed by atoms with E-state index in [1.165, 1.54) is 25.3 Å². The normalized spacial score (nSPS) is 11.7. The zero-order chi connectivity index (χ0) is 16.0. The molecular formula is C13H16ClN3O4. The number of hydrogen-bond donors (Lipinski definition) is 2. The molecule has 1 unspecified atom stereocenters. The Morgan fingerprint density at radius 2 is 1.90 bits per heavy atom. The van der Waals surface area contributed by atoms with Crippen molar-refractivity contribution in [1.82, 2.24) is 15.6 Å². The molecular weight excluding hydrogens is 298 g/mol. The molecule has 7 nitrogen and oxygen atoms in total. The summed E-state index contributed by atoms with van der Waals surface area (Å²) in [5.74, 6) is -1.45. The molecule has 1 rings (SSSR count). The number of hydrogen-bond acceptors (Lipinski definition) is 5. The van der Waals surface area contributed by atoms with Gasteiger partial charge in [-0.3, -0.25) is 10.1 Å². The lowest BCUT2D eigenvalue weighted by atomic mass is 10.3. The van der Waals surface area contributed by atoms with Crippen molar-refractivity contribution in [2.45, 2.75) is 32.9 Å². The van der Waals surface area contributed by atoms with Gasteiger partial charge < -0.3 is 10.1 Å². The zero-order valence-corrected chi connectivity index (χ0v) is 12.6. The molecule has 0 saturated heterocycles. The lowest BCUT2D eigenvalue weighted by Gasteiger charge is -2.14. The smallest absolute Gasteiger partial charge is 0.340 e. The number of nitrogens with one attached hydrogen (secondary N) is 2. The molecule has 0 fully saturated rings. The standard InChI is InChI=1S/C13H16ClN3O4/c1-7(2)16-13(20)17-11(18)8(3)21-12(19)9-4-5-10(14)15-6-9/h4-8H,1-3H3,(H2,16,17,18,20). The third-order valence-electron chi connectivity index (χ3n) is 2.27. The Labute approximate surface area is 127 Å². The summed E-state index contributed by atoms with van der Waals surface area (Å²) in [4.78, 5) is 38.5. The van der Waals surface area contributed by atoms with Crippen LogP contribution in [0.3, 0.4) is 0 Å². The van der Waals surface area contributed by atoms with Crippen molar-refractivity contribution in [2.75, 3.05) is 0 Å². The molecule has 1 aromatic heterocycles. The van der Waals surface area contributed by atoms with Gasteiger partial charge in [-0.2, -0.15) is 0 Å². The molecule has 0 aliphatic heterocycles. The fraction of sp³-hybridized carbons (Fsp3) is 0.385. The number of urea groups is 1. The monoisotopic (exact) mass is 313 g/mol. The molecule has 1 aromatic rings. The van der Waals surface area contributed by atoms with Crippen molar-refractivity contribution in [3.63, 3.8) is 0 Å². The molecule has 1 heterocycles. The highest BCUT2D eigenvalue weighted by Crippen LogP contribution is 2.07. The van der Waals surface area contributed by atoms with Crippen molar-refractivity contribution >= 4 is 29.5 Å². The molecule has 0 aliphatic carbocycles. The molecule has 0 saturated carbocycles. The lowest BCUT2D eigenvalue weighted by Crippen LogP contribution is -2.46. The molecule has 21 heavy (non-hydrogen) atoms. The van der Waals surface area contributed by atoms with E-state index >= 15 is 0 Å². The second-order valence-electron chi connectivity index (χ2n) is 4.53. The van der Waals surface area contributed by atoms with E-state index in [1.807, 2.05) is 0 Å². The maximum absolute atomic E-state index is 11.7. The fourth-order valence-electron chi connectivity index (χ4n) is 1.29. The largest absolute Gasteiger partial charge is 0.449 e. The number of carbonyl (C=O) groups is 3. The van der Waals surface area contributed by atoms with Gasteiger partial charge in [-0.25, -0.2) is 14.6 Å². The van der Waals surface area contributed by atoms with Gasteiger partial charge in [-0.15, -0.1) is 0 Å². The maximum atomic E-state index is 11.7. The highest BCUT2D eigenvalue weighted by atomic mass is 35.5. The summed E-state index contributed by atoms with van der Waals surface area (Å²) in [7, 11) is 0. The number of carbonyl (C=O) groups excluding carboxylic acids is 3. The Bertz CT molecular complexity index is 531. The van der Waals surface area contributed by atoms with E-state index in [0.717, 1.165) is 0 Å². The highest BCUT2D eigenvalue weighted by Gasteiger charge is 2.21. The highest BCUT2D eigenvalue weighted by molar-refractivity contribution is 6.29. The predicted molar refractivity (Wildman–Crippen MR) is 75.9 cm³/mol. The molecule has 0 spiro atoms. The lowest BCUT2D eigenvalue weighted by molar-refractivity contribution is -0.127. The van der Waals surface area contributed by atoms with Gasteiger partial charge in [0.15, 0.2) is 6.10 Å². The molecule has 0 radical (unpaired) electrons. The van der Waals surface area contributed by atoms with Crippen LogP contribution in [0.1, 0.15) is 31.1 Å². The number of imide groups is 1. The maximum Gasteiger partial charge on any atom is 0.340 e. The second-order valence-corrected chi connectivity index (χ2v) is 4.92. The van der Waals surface area contributed by atoms with Crippen LogP contribution < -0.4 is 10.6 Å². The van der Waals surface area contributed by atoms with Crippen LogP contribution in [0.25, 0.3) is 0 Å². The quantitative estimate of drug-likeness (QED) is 0.648. The predicted octanol–water partition coefficient (Wildman–Crippen LogP) is 1.51. The van der Waals surface area contributed by atoms with Gasteiger partial charge in [0.05, 0.1) is 5.56 Å². The minimum atomic E-state index is -1.12. The number of amides is 3. The first-order valence-corrected chi connectivity index (χ1v) is 6.61. The molecule has 8 heteroatoms. The van der Waals surface area contributed by atoms with E-state index in [4.69, 9.17) is 16.3 Å². The molecule has 0 bridgehead atoms. The molecule has 1 atom stereocenters. The van der Waals surface area contributed by atoms with Crippen molar-refractivity contribution in [2.24, 2.45) is 0 Å². The van der Waals surface area contributed by atoms with Gasteiger partial charge >= 0.3 is 12.0 Å². The summed E-state index contributed by atoms with van der Waals surface area (Å²) in [6.45, 7) is 4.86. The van der Waals surface area contributed by atoms with E-state index in [1.54, 1.807) is 13.8 Å². The third kappa shape index (κ3) is 5.78. The van der Waals surface area contributed by atoms with E-state index in [2.05, 4.69) is 15.6 Å². The summed E-state index contributed by atoms with van der Waals surface area (Å²) in [5.41, 5.74) is 0.158. The van der Waals surface area contributed by atoms with Crippen molar-refractivity contribution in [3.8, 4) is 0 Å². The number of rotatable bonds is 4. The van der Waals surface area contributed by atoms with Crippen LogP contribution in [0.5, 0.6) is 0 Å². The Morgan fingerprint density at radius 3 is 2.43 bits per heavy atom. The minimum Gasteiger partial charge on any atom is -0.449 e. The fourth-order valence-corrected chi connectivity index (χ4v) is 1.40. The zero-order valence-electron chi connectivity index (χ0n) is 11.8. The van der Waals surface area contributed by atoms with E-state index < -0.39 is 24.0 Å². The van der Waals surface area contributed by atoms with Crippen LogP contribution in [-0.4, -0.2) is 35.0 Å². The summed E-state index contributed by atoms with van der Waals surface area (Å²) in [6, 6.07) is 2.09. The number of aromatic nitrogens is 1. The van der Waals surface area contributed by atoms with Gasteiger partial charge in [-0.1, -0.05) is 11.6 Å². The number of pyridine rings is 1. The summed E-state index contributed by atoms with van der Waals surface area (Å²) in [5, 5.41) is 4.80. The van der Waals surface area contributed by atoms with E-state index in [0.29, 0.717) is 0 Å². The first-order chi connectivity index (χ1) is 9.79. The third-order valence-corrected chi connectivity index (χ3v) is 2.50. The summed E-state index contributed by atoms with van der Waals surface area (Å²) >= 11 is 5.60. The molecule has 0 aromatic carbocycles. The topological polar surface area (TPSA) is 97.4 Å². The van der Waals surface area contributed by atoms with Gasteiger partial charge in [0.25, 0.3) is 5.91 Å². The first-order valence-electron chi connectivity index (χ1n) is 6.23. The van der Waals surface area contributed by atoms with Crippen LogP contribution in [0.15, 0.2) is 18.3 Å². The Balaban J connectivity index is 2.53. The second kappa shape index (κ2) is 7.58. The van der Waals surface area contributed by atoms with Crippen LogP contribution in [0.2, 0.25) is 5.15 Å². The Kier molecular flexibility index (Phi) is 6.10. The van der Waals surface area contributed by atoms with Gasteiger partial charge in [0.1, 0.15) is 5.15 Å². The van der Waals surface area contributed by atoms with Crippen molar-refractivity contribution in [3.05, 3.63) is 29.0 Å². The number of esters is 1. The SMILES string of the molecule is CC(C)NC(=O)NC(=O)C(C)OC(=O)c1ccc(Cl)nc1. The molecule has 114 valence electrons. The summed E-state index contributed by atoms with van der Waals surface area (Å²) < 4.78 is 4.93. The van der Waals surface area contributed by atoms with Crippen LogP contribution >= 0.6 is 11.6 Å². The van der Waals surface area contributed by atoms with E-state index in [9.17, 15) is 14.4 Å². The van der Waals surface area contributed by atoms with Crippen LogP contribution in [0.4, 0.5) is 4.79 Å². The van der Waals surface area contributed by atoms with Gasteiger partial charge in [0, 0.05) is 12.2 Å². The number of halogens is 1. The molecule has 3 amide bonds. The van der Waals surface area contributed by atoms with Crippen molar-refractivity contribution in [1.29, 1.82) is 0 Å². The van der Waals surface area contributed by atoms with Crippen LogP contribution in [0, 0.1) is 0 Å². The average Bonchev–Trinajstić information content (AvgIpc) is 2.38. The number of nitrogens with zero attached hydrogens (tertiary/aromatic N) is 1. The van der Waals surface area contributed by atoms with E-state index in [-0.39, 0.29) is 16.8 Å². The average molecular weight is 314 g/mol. The molecule has 2 N–H and O–H groups in total. The van der Waals surface area contributed by atoms with Gasteiger partial charge in [-0.05, 0) is 32.9 Å². The molecule has 0 aliphatic rings. The van der Waals surface area contributed by atoms with Gasteiger partial charge in [0.2, 0.25) is 0 Å². The minimum absolute atomic E-state index is 0.115. The first kappa shape index (κ1) is 16.9.